The number of nitrogens with two attached hydrogens (primary N) is 2. The normalized spacial score (nSPS) is 13.1. The summed E-state index contributed by atoms with van der Waals surface area (Å²) >= 11 is 1.38. The van der Waals surface area contributed by atoms with Crippen molar-refractivity contribution in [2.75, 3.05) is 29.5 Å². The van der Waals surface area contributed by atoms with Gasteiger partial charge in [-0.1, -0.05) is 23.3 Å². The van der Waals surface area contributed by atoms with E-state index in [1.54, 1.807) is 6.92 Å². The molecule has 1 aliphatic rings. The highest BCUT2D eigenvalue weighted by molar-refractivity contribution is 7.21. The molecule has 0 fully saturated rings. The molecule has 3 aromatic heterocycles. The van der Waals surface area contributed by atoms with Crippen LogP contribution in [0.1, 0.15) is 23.7 Å². The minimum absolute atomic E-state index is 0.236. The van der Waals surface area contributed by atoms with Gasteiger partial charge in [-0.05, 0) is 37.6 Å². The third-order valence-electron chi connectivity index (χ3n) is 5.28. The Hall–Kier alpha value is -3.90. The van der Waals surface area contributed by atoms with E-state index in [1.807, 2.05) is 31.3 Å². The van der Waals surface area contributed by atoms with E-state index < -0.39 is 0 Å². The fraction of sp³-hybridized carbons (Fsp3) is 0.217. The predicted octanol–water partition coefficient (Wildman–Crippen LogP) is 3.39. The molecule has 8 nitrogen and oxygen atoms in total. The van der Waals surface area contributed by atoms with Crippen molar-refractivity contribution < 1.29 is 4.74 Å². The van der Waals surface area contributed by atoms with Crippen molar-refractivity contribution in [1.82, 2.24) is 19.9 Å². The van der Waals surface area contributed by atoms with Gasteiger partial charge in [0.05, 0.1) is 17.8 Å². The Labute approximate surface area is 189 Å². The van der Waals surface area contributed by atoms with Gasteiger partial charge in [-0.2, -0.15) is 4.98 Å². The highest BCUT2D eigenvalue weighted by Gasteiger charge is 2.21. The predicted molar refractivity (Wildman–Crippen MR) is 128 cm³/mol. The largest absolute Gasteiger partial charge is 0.491 e. The van der Waals surface area contributed by atoms with E-state index in [-0.39, 0.29) is 5.95 Å². The number of nitrogens with zero attached hydrogens (tertiary/aromatic N) is 5. The number of pyridine rings is 1. The number of anilines is 3. The average molecular weight is 444 g/mol. The molecule has 0 amide bonds. The van der Waals surface area contributed by atoms with Crippen LogP contribution in [-0.2, 0) is 6.54 Å². The molecular formula is C23H21N7OS. The van der Waals surface area contributed by atoms with Crippen molar-refractivity contribution in [3.8, 4) is 28.7 Å². The maximum absolute atomic E-state index is 6.03. The Morgan fingerprint density at radius 2 is 2.00 bits per heavy atom. The van der Waals surface area contributed by atoms with Crippen molar-refractivity contribution in [2.45, 2.75) is 20.4 Å². The SMILES string of the molecule is CC#Cc1c(C)nc(N)nc1N1CCOc2ccc(-c3cnc4sc(N)nc4c3)cc2C1. The second kappa shape index (κ2) is 7.98. The molecule has 0 saturated carbocycles. The summed E-state index contributed by atoms with van der Waals surface area (Å²) < 4.78 is 6.03. The molecule has 160 valence electrons. The number of nitrogen functional groups attached to an aromatic ring is 2. The molecule has 0 spiro atoms. The summed E-state index contributed by atoms with van der Waals surface area (Å²) in [6.07, 6.45) is 1.85. The van der Waals surface area contributed by atoms with Gasteiger partial charge in [-0.25, -0.2) is 15.0 Å². The molecule has 0 saturated heterocycles. The Kier molecular flexibility index (Phi) is 4.99. The van der Waals surface area contributed by atoms with Gasteiger partial charge < -0.3 is 21.1 Å². The molecule has 4 N–H and O–H groups in total. The van der Waals surface area contributed by atoms with Gasteiger partial charge >= 0.3 is 0 Å². The number of hydrogen-bond acceptors (Lipinski definition) is 9. The number of thiazole rings is 1. The van der Waals surface area contributed by atoms with Gasteiger partial charge in [0.25, 0.3) is 0 Å². The first kappa shape index (κ1) is 20.0. The fourth-order valence-corrected chi connectivity index (χ4v) is 4.49. The van der Waals surface area contributed by atoms with Crippen LogP contribution in [0, 0.1) is 18.8 Å². The molecule has 5 rings (SSSR count). The zero-order chi connectivity index (χ0) is 22.2. The lowest BCUT2D eigenvalue weighted by molar-refractivity contribution is 0.331. The topological polar surface area (TPSA) is 116 Å². The molecule has 0 radical (unpaired) electrons. The molecule has 0 aliphatic carbocycles. The van der Waals surface area contributed by atoms with Crippen LogP contribution in [0.15, 0.2) is 30.5 Å². The molecule has 1 aromatic carbocycles. The van der Waals surface area contributed by atoms with Crippen molar-refractivity contribution in [1.29, 1.82) is 0 Å². The first-order valence-electron chi connectivity index (χ1n) is 10.1. The highest BCUT2D eigenvalue weighted by Crippen LogP contribution is 2.33. The number of ether oxygens (including phenoxy) is 1. The molecule has 0 bridgehead atoms. The molecular weight excluding hydrogens is 422 g/mol. The van der Waals surface area contributed by atoms with Crippen molar-refractivity contribution in [2.24, 2.45) is 0 Å². The minimum atomic E-state index is 0.236. The van der Waals surface area contributed by atoms with Crippen LogP contribution < -0.4 is 21.1 Å². The summed E-state index contributed by atoms with van der Waals surface area (Å²) in [6.45, 7) is 5.49. The first-order chi connectivity index (χ1) is 15.5. The van der Waals surface area contributed by atoms with Gasteiger partial charge in [0.15, 0.2) is 10.9 Å². The van der Waals surface area contributed by atoms with Crippen LogP contribution in [0.5, 0.6) is 5.75 Å². The second-order valence-electron chi connectivity index (χ2n) is 7.43. The monoisotopic (exact) mass is 443 g/mol. The molecule has 32 heavy (non-hydrogen) atoms. The van der Waals surface area contributed by atoms with E-state index in [2.05, 4.69) is 42.7 Å². The zero-order valence-electron chi connectivity index (χ0n) is 17.7. The Balaban J connectivity index is 1.54. The van der Waals surface area contributed by atoms with Crippen molar-refractivity contribution in [3.05, 3.63) is 47.3 Å². The van der Waals surface area contributed by atoms with E-state index in [0.717, 1.165) is 49.9 Å². The van der Waals surface area contributed by atoms with Gasteiger partial charge in [0.2, 0.25) is 5.95 Å². The van der Waals surface area contributed by atoms with Crippen LogP contribution in [0.25, 0.3) is 21.5 Å². The van der Waals surface area contributed by atoms with E-state index in [4.69, 9.17) is 16.2 Å². The smallest absolute Gasteiger partial charge is 0.222 e. The van der Waals surface area contributed by atoms with Crippen molar-refractivity contribution in [3.63, 3.8) is 0 Å². The van der Waals surface area contributed by atoms with E-state index in [9.17, 15) is 0 Å². The lowest BCUT2D eigenvalue weighted by Gasteiger charge is -2.23. The lowest BCUT2D eigenvalue weighted by Crippen LogP contribution is -2.28. The summed E-state index contributed by atoms with van der Waals surface area (Å²) in [5.41, 5.74) is 17.2. The van der Waals surface area contributed by atoms with Crippen LogP contribution in [0.4, 0.5) is 16.9 Å². The Morgan fingerprint density at radius 1 is 1.12 bits per heavy atom. The highest BCUT2D eigenvalue weighted by atomic mass is 32.1. The molecule has 4 aromatic rings. The number of aromatic nitrogens is 4. The first-order valence-corrected chi connectivity index (χ1v) is 10.9. The van der Waals surface area contributed by atoms with Crippen LogP contribution in [0.2, 0.25) is 0 Å². The van der Waals surface area contributed by atoms with Gasteiger partial charge in [0.1, 0.15) is 22.7 Å². The minimum Gasteiger partial charge on any atom is -0.491 e. The third-order valence-corrected chi connectivity index (χ3v) is 6.08. The molecule has 9 heteroatoms. The van der Waals surface area contributed by atoms with E-state index in [0.29, 0.717) is 24.8 Å². The van der Waals surface area contributed by atoms with Gasteiger partial charge in [-0.15, -0.1) is 5.92 Å². The number of aryl methyl sites for hydroxylation is 1. The quantitative estimate of drug-likeness (QED) is 0.453. The molecule has 4 heterocycles. The standard InChI is InChI=1S/C23H21N7OS/c1-3-4-17-13(2)27-22(24)29-20(17)30-7-8-31-19-6-5-14(9-16(19)12-30)15-10-18-21(26-11-15)32-23(25)28-18/h5-6,9-11H,7-8,12H2,1-2H3,(H2,25,28)(H2,24,27,29). The summed E-state index contributed by atoms with van der Waals surface area (Å²) in [6, 6.07) is 8.17. The maximum atomic E-state index is 6.03. The fourth-order valence-electron chi connectivity index (χ4n) is 3.83. The lowest BCUT2D eigenvalue weighted by atomic mass is 10.0. The average Bonchev–Trinajstić information content (AvgIpc) is 3.01. The van der Waals surface area contributed by atoms with Gasteiger partial charge in [0, 0.05) is 23.9 Å². The Morgan fingerprint density at radius 3 is 2.84 bits per heavy atom. The van der Waals surface area contributed by atoms with Crippen LogP contribution in [0.3, 0.4) is 0 Å². The number of fused-ring (bicyclic) bond motifs is 2. The maximum Gasteiger partial charge on any atom is 0.222 e. The van der Waals surface area contributed by atoms with Gasteiger partial charge in [-0.3, -0.25) is 0 Å². The van der Waals surface area contributed by atoms with Crippen LogP contribution in [-0.4, -0.2) is 33.1 Å². The summed E-state index contributed by atoms with van der Waals surface area (Å²) in [7, 11) is 0. The van der Waals surface area contributed by atoms with E-state index in [1.165, 1.54) is 11.3 Å². The molecule has 0 atom stereocenters. The Bertz CT molecular complexity index is 1400. The van der Waals surface area contributed by atoms with E-state index >= 15 is 0 Å². The summed E-state index contributed by atoms with van der Waals surface area (Å²) in [5, 5.41) is 0.515. The summed E-state index contributed by atoms with van der Waals surface area (Å²) in [4.78, 5) is 20.6. The third kappa shape index (κ3) is 3.65. The summed E-state index contributed by atoms with van der Waals surface area (Å²) in [5.74, 6) is 7.91. The zero-order valence-corrected chi connectivity index (χ0v) is 18.5. The number of benzene rings is 1. The molecule has 1 aliphatic heterocycles. The van der Waals surface area contributed by atoms with Crippen molar-refractivity contribution >= 4 is 38.6 Å². The van der Waals surface area contributed by atoms with Crippen LogP contribution >= 0.6 is 11.3 Å². The number of rotatable bonds is 2. The second-order valence-corrected chi connectivity index (χ2v) is 8.44. The molecule has 0 unspecified atom stereocenters. The number of hydrogen-bond donors (Lipinski definition) is 2.